The van der Waals surface area contributed by atoms with Crippen LogP contribution in [0.2, 0.25) is 0 Å². The van der Waals surface area contributed by atoms with E-state index in [2.05, 4.69) is 5.32 Å². The van der Waals surface area contributed by atoms with Crippen molar-refractivity contribution in [1.29, 1.82) is 0 Å². The maximum Gasteiger partial charge on any atom is 0.291 e. The summed E-state index contributed by atoms with van der Waals surface area (Å²) in [5, 5.41) is 2.83. The van der Waals surface area contributed by atoms with Crippen LogP contribution < -0.4 is 10.1 Å². The highest BCUT2D eigenvalue weighted by Gasteiger charge is 2.39. The number of halogens is 1. The van der Waals surface area contributed by atoms with Crippen LogP contribution in [-0.4, -0.2) is 23.3 Å². The minimum Gasteiger partial charge on any atom is -0.486 e. The van der Waals surface area contributed by atoms with Crippen LogP contribution in [-0.2, 0) is 17.8 Å². The van der Waals surface area contributed by atoms with Gasteiger partial charge in [0.15, 0.2) is 5.76 Å². The number of carbonyl (C=O) groups is 2. The van der Waals surface area contributed by atoms with E-state index in [4.69, 9.17) is 9.15 Å². The zero-order chi connectivity index (χ0) is 26.9. The fourth-order valence-corrected chi connectivity index (χ4v) is 5.05. The van der Waals surface area contributed by atoms with Gasteiger partial charge in [-0.2, -0.15) is 0 Å². The van der Waals surface area contributed by atoms with E-state index in [1.165, 1.54) is 12.1 Å². The van der Waals surface area contributed by atoms with E-state index in [1.54, 1.807) is 24.3 Å². The van der Waals surface area contributed by atoms with Crippen LogP contribution in [0.1, 0.15) is 57.5 Å². The highest BCUT2D eigenvalue weighted by atomic mass is 19.1. The number of fused-ring (bicyclic) bond motifs is 1. The minimum atomic E-state index is -0.332. The van der Waals surface area contributed by atoms with Crippen LogP contribution in [0.25, 0.3) is 0 Å². The summed E-state index contributed by atoms with van der Waals surface area (Å²) >= 11 is 0. The molecule has 1 N–H and O–H groups in total. The molecule has 6 rings (SSSR count). The Hall–Kier alpha value is -4.39. The first kappa shape index (κ1) is 24.9. The summed E-state index contributed by atoms with van der Waals surface area (Å²) in [5.41, 5.74) is 4.80. The SMILES string of the molecule is Cc1ccc(NC(=O)c2ccc(COc3ccc4c(c3)C(c3ccc(F)cc3)N(C(=O)C3CC3)CC4)o2)cc1. The van der Waals surface area contributed by atoms with Gasteiger partial charge in [0.25, 0.3) is 5.91 Å². The van der Waals surface area contributed by atoms with Crippen molar-refractivity contribution in [2.24, 2.45) is 5.92 Å². The molecule has 39 heavy (non-hydrogen) atoms. The zero-order valence-corrected chi connectivity index (χ0v) is 21.7. The minimum absolute atomic E-state index is 0.0882. The Kier molecular flexibility index (Phi) is 6.65. The number of rotatable bonds is 7. The van der Waals surface area contributed by atoms with E-state index in [-0.39, 0.29) is 42.0 Å². The van der Waals surface area contributed by atoms with Gasteiger partial charge >= 0.3 is 0 Å². The molecule has 0 radical (unpaired) electrons. The molecule has 1 atom stereocenters. The quantitative estimate of drug-likeness (QED) is 0.302. The van der Waals surface area contributed by atoms with Crippen LogP contribution in [0.3, 0.4) is 0 Å². The molecule has 1 aromatic heterocycles. The van der Waals surface area contributed by atoms with Crippen LogP contribution in [0.4, 0.5) is 10.1 Å². The third kappa shape index (κ3) is 5.43. The van der Waals surface area contributed by atoms with Gasteiger partial charge in [-0.1, -0.05) is 35.9 Å². The molecule has 3 aromatic carbocycles. The number of ether oxygens (including phenoxy) is 1. The molecule has 1 aliphatic heterocycles. The van der Waals surface area contributed by atoms with Crippen molar-refractivity contribution < 1.29 is 23.1 Å². The fraction of sp³-hybridized carbons (Fsp3) is 0.250. The summed E-state index contributed by atoms with van der Waals surface area (Å²) in [6, 6.07) is 22.9. The standard InChI is InChI=1S/C32H29FN2O4/c1-20-2-11-25(12-3-20)34-31(36)29-15-14-27(39-29)19-38-26-13-8-21-16-17-35(32(37)23-4-5-23)30(28(21)18-26)22-6-9-24(33)10-7-22/h2-3,6-15,18,23,30H,4-5,16-17,19H2,1H3,(H,34,36). The Balaban J connectivity index is 1.19. The number of anilines is 1. The van der Waals surface area contributed by atoms with Gasteiger partial charge in [-0.15, -0.1) is 0 Å². The van der Waals surface area contributed by atoms with Crippen molar-refractivity contribution in [2.45, 2.75) is 38.8 Å². The van der Waals surface area contributed by atoms with Crippen molar-refractivity contribution in [2.75, 3.05) is 11.9 Å². The van der Waals surface area contributed by atoms with E-state index in [9.17, 15) is 14.0 Å². The monoisotopic (exact) mass is 524 g/mol. The van der Waals surface area contributed by atoms with Crippen molar-refractivity contribution >= 4 is 17.5 Å². The van der Waals surface area contributed by atoms with Gasteiger partial charge in [0.1, 0.15) is 23.9 Å². The number of benzene rings is 3. The Bertz CT molecular complexity index is 1510. The van der Waals surface area contributed by atoms with E-state index in [0.717, 1.165) is 41.5 Å². The number of carbonyl (C=O) groups excluding carboxylic acids is 2. The lowest BCUT2D eigenvalue weighted by molar-refractivity contribution is -0.134. The van der Waals surface area contributed by atoms with Gasteiger partial charge < -0.3 is 19.4 Å². The smallest absolute Gasteiger partial charge is 0.291 e. The molecule has 2 aliphatic rings. The average Bonchev–Trinajstić information content (AvgIpc) is 3.69. The second-order valence-corrected chi connectivity index (χ2v) is 10.2. The maximum atomic E-state index is 13.7. The highest BCUT2D eigenvalue weighted by molar-refractivity contribution is 6.02. The molecule has 4 aromatic rings. The van der Waals surface area contributed by atoms with Crippen molar-refractivity contribution in [3.63, 3.8) is 0 Å². The molecule has 1 aliphatic carbocycles. The molecule has 2 heterocycles. The number of nitrogens with zero attached hydrogens (tertiary/aromatic N) is 1. The Morgan fingerprint density at radius 3 is 2.51 bits per heavy atom. The molecular weight excluding hydrogens is 495 g/mol. The number of hydrogen-bond donors (Lipinski definition) is 1. The lowest BCUT2D eigenvalue weighted by Crippen LogP contribution is -2.41. The van der Waals surface area contributed by atoms with Gasteiger partial charge in [-0.25, -0.2) is 4.39 Å². The van der Waals surface area contributed by atoms with Crippen molar-refractivity contribution in [1.82, 2.24) is 4.90 Å². The fourth-order valence-electron chi connectivity index (χ4n) is 5.05. The van der Waals surface area contributed by atoms with Crippen LogP contribution >= 0.6 is 0 Å². The maximum absolute atomic E-state index is 13.7. The molecule has 0 saturated heterocycles. The van der Waals surface area contributed by atoms with Crippen molar-refractivity contribution in [3.05, 3.63) is 118 Å². The highest BCUT2D eigenvalue weighted by Crippen LogP contribution is 2.41. The van der Waals surface area contributed by atoms with Gasteiger partial charge in [0.2, 0.25) is 5.91 Å². The molecule has 1 saturated carbocycles. The zero-order valence-electron chi connectivity index (χ0n) is 21.7. The second-order valence-electron chi connectivity index (χ2n) is 10.2. The Labute approximate surface area is 226 Å². The van der Waals surface area contributed by atoms with Crippen LogP contribution in [0.15, 0.2) is 83.3 Å². The van der Waals surface area contributed by atoms with Crippen LogP contribution in [0, 0.1) is 18.7 Å². The van der Waals surface area contributed by atoms with Gasteiger partial charge in [-0.3, -0.25) is 9.59 Å². The van der Waals surface area contributed by atoms with Crippen molar-refractivity contribution in [3.8, 4) is 5.75 Å². The van der Waals surface area contributed by atoms with E-state index in [0.29, 0.717) is 23.7 Å². The summed E-state index contributed by atoms with van der Waals surface area (Å²) in [4.78, 5) is 27.7. The summed E-state index contributed by atoms with van der Waals surface area (Å²) in [7, 11) is 0. The largest absolute Gasteiger partial charge is 0.486 e. The lowest BCUT2D eigenvalue weighted by Gasteiger charge is -2.38. The summed E-state index contributed by atoms with van der Waals surface area (Å²) in [5.74, 6) is 0.952. The Morgan fingerprint density at radius 1 is 1.00 bits per heavy atom. The number of hydrogen-bond acceptors (Lipinski definition) is 4. The van der Waals surface area contributed by atoms with E-state index < -0.39 is 0 Å². The first-order chi connectivity index (χ1) is 18.9. The molecule has 7 heteroatoms. The van der Waals surface area contributed by atoms with Crippen LogP contribution in [0.5, 0.6) is 5.75 Å². The summed E-state index contributed by atoms with van der Waals surface area (Å²) < 4.78 is 25.5. The third-order valence-corrected chi connectivity index (χ3v) is 7.32. The number of furan rings is 1. The molecule has 2 amide bonds. The first-order valence-electron chi connectivity index (χ1n) is 13.2. The Morgan fingerprint density at radius 2 is 1.77 bits per heavy atom. The van der Waals surface area contributed by atoms with E-state index >= 15 is 0 Å². The molecule has 0 spiro atoms. The lowest BCUT2D eigenvalue weighted by atomic mass is 9.87. The molecule has 198 valence electrons. The third-order valence-electron chi connectivity index (χ3n) is 7.32. The van der Waals surface area contributed by atoms with Gasteiger partial charge in [0, 0.05) is 18.2 Å². The number of amides is 2. The number of aryl methyl sites for hydroxylation is 1. The number of nitrogens with one attached hydrogen (secondary N) is 1. The average molecular weight is 525 g/mol. The second kappa shape index (κ2) is 10.4. The normalized spacial score (nSPS) is 16.5. The van der Waals surface area contributed by atoms with E-state index in [1.807, 2.05) is 54.3 Å². The topological polar surface area (TPSA) is 71.8 Å². The first-order valence-corrected chi connectivity index (χ1v) is 13.2. The molecular formula is C32H29FN2O4. The molecule has 1 unspecified atom stereocenters. The predicted molar refractivity (Wildman–Crippen MR) is 145 cm³/mol. The molecule has 1 fully saturated rings. The molecule has 0 bridgehead atoms. The van der Waals surface area contributed by atoms with Gasteiger partial charge in [-0.05, 0) is 91.4 Å². The predicted octanol–water partition coefficient (Wildman–Crippen LogP) is 6.44. The summed E-state index contributed by atoms with van der Waals surface area (Å²) in [6.07, 6.45) is 2.61. The summed E-state index contributed by atoms with van der Waals surface area (Å²) in [6.45, 7) is 2.76. The molecule has 6 nitrogen and oxygen atoms in total. The van der Waals surface area contributed by atoms with Gasteiger partial charge in [0.05, 0.1) is 6.04 Å².